The highest BCUT2D eigenvalue weighted by atomic mass is 16.3. The fourth-order valence-corrected chi connectivity index (χ4v) is 2.77. The number of nitrogens with zero attached hydrogens (tertiary/aromatic N) is 4. The van der Waals surface area contributed by atoms with Crippen molar-refractivity contribution in [3.63, 3.8) is 0 Å². The van der Waals surface area contributed by atoms with Crippen molar-refractivity contribution in [3.8, 4) is 0 Å². The predicted octanol–water partition coefficient (Wildman–Crippen LogP) is 2.01. The van der Waals surface area contributed by atoms with Crippen LogP contribution in [-0.4, -0.2) is 24.7 Å². The molecule has 1 saturated carbocycles. The van der Waals surface area contributed by atoms with E-state index in [1.54, 1.807) is 4.68 Å². The molecule has 0 aliphatic heterocycles. The molecule has 5 heteroatoms. The van der Waals surface area contributed by atoms with Crippen LogP contribution in [-0.2, 0) is 13.5 Å². The van der Waals surface area contributed by atoms with Gasteiger partial charge in [-0.1, -0.05) is 12.8 Å². The average molecular weight is 260 g/mol. The van der Waals surface area contributed by atoms with E-state index in [9.17, 15) is 5.11 Å². The van der Waals surface area contributed by atoms with Gasteiger partial charge >= 0.3 is 0 Å². The van der Waals surface area contributed by atoms with Crippen molar-refractivity contribution in [3.05, 3.63) is 35.9 Å². The smallest absolute Gasteiger partial charge is 0.103 e. The van der Waals surface area contributed by atoms with E-state index in [0.717, 1.165) is 5.69 Å². The number of hydrogen-bond donors (Lipinski definition) is 1. The lowest BCUT2D eigenvalue weighted by Crippen LogP contribution is -2.08. The minimum Gasteiger partial charge on any atom is -0.386 e. The zero-order valence-electron chi connectivity index (χ0n) is 11.2. The molecule has 0 bridgehead atoms. The summed E-state index contributed by atoms with van der Waals surface area (Å²) in [6.07, 6.45) is 8.89. The van der Waals surface area contributed by atoms with Crippen LogP contribution in [0.1, 0.15) is 49.2 Å². The van der Waals surface area contributed by atoms with E-state index in [-0.39, 0.29) is 0 Å². The average Bonchev–Trinajstić information content (AvgIpc) is 3.07. The van der Waals surface area contributed by atoms with Crippen molar-refractivity contribution in [1.29, 1.82) is 0 Å². The molecule has 1 fully saturated rings. The van der Waals surface area contributed by atoms with E-state index < -0.39 is 6.10 Å². The minimum atomic E-state index is -0.576. The van der Waals surface area contributed by atoms with Crippen LogP contribution in [0.2, 0.25) is 0 Å². The lowest BCUT2D eigenvalue weighted by atomic mass is 10.1. The highest BCUT2D eigenvalue weighted by Gasteiger charge is 2.19. The van der Waals surface area contributed by atoms with Crippen LogP contribution in [0, 0.1) is 0 Å². The molecule has 2 aromatic rings. The zero-order chi connectivity index (χ0) is 13.2. The second-order valence-corrected chi connectivity index (χ2v) is 5.36. The quantitative estimate of drug-likeness (QED) is 0.915. The Morgan fingerprint density at radius 1 is 1.26 bits per heavy atom. The molecule has 2 aromatic heterocycles. The van der Waals surface area contributed by atoms with E-state index in [4.69, 9.17) is 0 Å². The lowest BCUT2D eigenvalue weighted by molar-refractivity contribution is 0.171. The summed E-state index contributed by atoms with van der Waals surface area (Å²) in [5, 5.41) is 18.9. The zero-order valence-corrected chi connectivity index (χ0v) is 11.2. The van der Waals surface area contributed by atoms with Crippen molar-refractivity contribution in [2.24, 2.45) is 7.05 Å². The molecule has 0 aromatic carbocycles. The SMILES string of the molecule is Cn1ccc(C(O)Cc2ccn(C3CCCC3)n2)n1. The normalized spacial score (nSPS) is 18.0. The molecule has 2 heterocycles. The number of rotatable bonds is 4. The third-order valence-corrected chi connectivity index (χ3v) is 3.84. The van der Waals surface area contributed by atoms with Gasteiger partial charge in [-0.05, 0) is 25.0 Å². The van der Waals surface area contributed by atoms with E-state index in [2.05, 4.69) is 14.9 Å². The molecule has 1 aliphatic carbocycles. The van der Waals surface area contributed by atoms with Gasteiger partial charge in [0.1, 0.15) is 6.10 Å². The Bertz CT molecular complexity index is 539. The van der Waals surface area contributed by atoms with Crippen molar-refractivity contribution in [2.75, 3.05) is 0 Å². The molecule has 1 aliphatic rings. The van der Waals surface area contributed by atoms with Gasteiger partial charge in [0, 0.05) is 25.9 Å². The van der Waals surface area contributed by atoms with Gasteiger partial charge < -0.3 is 5.11 Å². The molecule has 0 saturated heterocycles. The van der Waals surface area contributed by atoms with Gasteiger partial charge in [0.25, 0.3) is 0 Å². The van der Waals surface area contributed by atoms with Gasteiger partial charge in [-0.3, -0.25) is 9.36 Å². The number of aryl methyl sites for hydroxylation is 1. The third-order valence-electron chi connectivity index (χ3n) is 3.84. The van der Waals surface area contributed by atoms with E-state index >= 15 is 0 Å². The highest BCUT2D eigenvalue weighted by Crippen LogP contribution is 2.29. The van der Waals surface area contributed by atoms with Crippen LogP contribution in [0.3, 0.4) is 0 Å². The summed E-state index contributed by atoms with van der Waals surface area (Å²) >= 11 is 0. The summed E-state index contributed by atoms with van der Waals surface area (Å²) in [6, 6.07) is 4.41. The van der Waals surface area contributed by atoms with Crippen molar-refractivity contribution in [2.45, 2.75) is 44.2 Å². The van der Waals surface area contributed by atoms with E-state index in [0.29, 0.717) is 18.2 Å². The monoisotopic (exact) mass is 260 g/mol. The Morgan fingerprint density at radius 3 is 2.74 bits per heavy atom. The summed E-state index contributed by atoms with van der Waals surface area (Å²) in [6.45, 7) is 0. The Kier molecular flexibility index (Phi) is 3.38. The van der Waals surface area contributed by atoms with Gasteiger partial charge in [-0.25, -0.2) is 0 Å². The molecule has 0 spiro atoms. The molecular weight excluding hydrogens is 240 g/mol. The van der Waals surface area contributed by atoms with E-state index in [1.165, 1.54) is 25.7 Å². The Morgan fingerprint density at radius 2 is 2.05 bits per heavy atom. The molecule has 0 amide bonds. The van der Waals surface area contributed by atoms with Crippen LogP contribution in [0.25, 0.3) is 0 Å². The maximum absolute atomic E-state index is 10.1. The molecule has 0 radical (unpaired) electrons. The largest absolute Gasteiger partial charge is 0.386 e. The number of aliphatic hydroxyl groups is 1. The topological polar surface area (TPSA) is 55.9 Å². The van der Waals surface area contributed by atoms with Crippen molar-refractivity contribution < 1.29 is 5.11 Å². The molecule has 1 atom stereocenters. The number of hydrogen-bond acceptors (Lipinski definition) is 3. The summed E-state index contributed by atoms with van der Waals surface area (Å²) in [5.41, 5.74) is 1.64. The second-order valence-electron chi connectivity index (χ2n) is 5.36. The summed E-state index contributed by atoms with van der Waals surface area (Å²) < 4.78 is 3.77. The second kappa shape index (κ2) is 5.17. The van der Waals surface area contributed by atoms with Crippen LogP contribution in [0.15, 0.2) is 24.5 Å². The molecule has 19 heavy (non-hydrogen) atoms. The Labute approximate surface area is 112 Å². The Balaban J connectivity index is 1.66. The molecule has 3 rings (SSSR count). The Hall–Kier alpha value is -1.62. The van der Waals surface area contributed by atoms with E-state index in [1.807, 2.05) is 31.6 Å². The van der Waals surface area contributed by atoms with Gasteiger partial charge in [0.15, 0.2) is 0 Å². The fraction of sp³-hybridized carbons (Fsp3) is 0.571. The van der Waals surface area contributed by atoms with Gasteiger partial charge in [-0.15, -0.1) is 0 Å². The van der Waals surface area contributed by atoms with Gasteiger partial charge in [-0.2, -0.15) is 10.2 Å². The number of aliphatic hydroxyl groups excluding tert-OH is 1. The van der Waals surface area contributed by atoms with Crippen LogP contribution >= 0.6 is 0 Å². The first kappa shape index (κ1) is 12.4. The van der Waals surface area contributed by atoms with Gasteiger partial charge in [0.2, 0.25) is 0 Å². The first-order chi connectivity index (χ1) is 9.22. The fourth-order valence-electron chi connectivity index (χ4n) is 2.77. The van der Waals surface area contributed by atoms with Crippen molar-refractivity contribution in [1.82, 2.24) is 19.6 Å². The summed E-state index contributed by atoms with van der Waals surface area (Å²) in [7, 11) is 1.85. The maximum atomic E-state index is 10.1. The first-order valence-corrected chi connectivity index (χ1v) is 6.94. The standard InChI is InChI=1S/C14H20N4O/c1-17-8-7-13(16-17)14(19)10-11-6-9-18(15-11)12-4-2-3-5-12/h6-9,12,14,19H,2-5,10H2,1H3. The van der Waals surface area contributed by atoms with Crippen LogP contribution < -0.4 is 0 Å². The van der Waals surface area contributed by atoms with Crippen LogP contribution in [0.4, 0.5) is 0 Å². The van der Waals surface area contributed by atoms with Gasteiger partial charge in [0.05, 0.1) is 17.4 Å². The predicted molar refractivity (Wildman–Crippen MR) is 71.6 cm³/mol. The lowest BCUT2D eigenvalue weighted by Gasteiger charge is -2.09. The van der Waals surface area contributed by atoms with Crippen LogP contribution in [0.5, 0.6) is 0 Å². The minimum absolute atomic E-state index is 0.525. The summed E-state index contributed by atoms with van der Waals surface area (Å²) in [5.74, 6) is 0. The third kappa shape index (κ3) is 2.71. The molecule has 1 N–H and O–H groups in total. The van der Waals surface area contributed by atoms with Crippen molar-refractivity contribution >= 4 is 0 Å². The molecular formula is C14H20N4O. The molecule has 1 unspecified atom stereocenters. The highest BCUT2D eigenvalue weighted by molar-refractivity contribution is 5.09. The molecule has 102 valence electrons. The maximum Gasteiger partial charge on any atom is 0.103 e. The summed E-state index contributed by atoms with van der Waals surface area (Å²) in [4.78, 5) is 0. The molecule has 5 nitrogen and oxygen atoms in total. The first-order valence-electron chi connectivity index (χ1n) is 6.94. The number of aromatic nitrogens is 4.